The largest absolute Gasteiger partial charge is 0.494 e. The number of nitrogens with zero attached hydrogens (tertiary/aromatic N) is 1. The highest BCUT2D eigenvalue weighted by atomic mass is 19.1. The van der Waals surface area contributed by atoms with Gasteiger partial charge in [-0.25, -0.2) is 4.39 Å². The summed E-state index contributed by atoms with van der Waals surface area (Å²) in [6, 6.07) is 6.77. The minimum Gasteiger partial charge on any atom is -0.494 e. The van der Waals surface area contributed by atoms with Gasteiger partial charge in [-0.2, -0.15) is 0 Å². The van der Waals surface area contributed by atoms with Crippen LogP contribution in [-0.4, -0.2) is 12.1 Å². The van der Waals surface area contributed by atoms with Gasteiger partial charge in [0, 0.05) is 18.4 Å². The van der Waals surface area contributed by atoms with E-state index in [1.165, 1.54) is 7.11 Å². The van der Waals surface area contributed by atoms with Crippen LogP contribution in [0.25, 0.3) is 0 Å². The Morgan fingerprint density at radius 1 is 1.37 bits per heavy atom. The van der Waals surface area contributed by atoms with E-state index in [4.69, 9.17) is 10.5 Å². The van der Waals surface area contributed by atoms with Crippen LogP contribution >= 0.6 is 0 Å². The lowest BCUT2D eigenvalue weighted by Crippen LogP contribution is -2.14. The second-order valence-corrected chi connectivity index (χ2v) is 4.54. The lowest BCUT2D eigenvalue weighted by Gasteiger charge is -2.14. The zero-order chi connectivity index (χ0) is 13.8. The molecule has 0 radical (unpaired) electrons. The van der Waals surface area contributed by atoms with Crippen LogP contribution in [-0.2, 0) is 6.42 Å². The maximum absolute atomic E-state index is 14.0. The number of halogens is 1. The van der Waals surface area contributed by atoms with E-state index in [0.717, 1.165) is 11.1 Å². The molecule has 1 heterocycles. The molecule has 0 aliphatic heterocycles. The lowest BCUT2D eigenvalue weighted by molar-refractivity contribution is 0.383. The molecule has 1 aromatic carbocycles. The number of ether oxygens (including phenoxy) is 1. The van der Waals surface area contributed by atoms with Crippen LogP contribution in [0, 0.1) is 12.7 Å². The van der Waals surface area contributed by atoms with Gasteiger partial charge < -0.3 is 10.5 Å². The van der Waals surface area contributed by atoms with Crippen LogP contribution in [0.15, 0.2) is 36.7 Å². The summed E-state index contributed by atoms with van der Waals surface area (Å²) in [6.45, 7) is 1.95. The van der Waals surface area contributed by atoms with Crippen molar-refractivity contribution in [1.29, 1.82) is 0 Å². The maximum Gasteiger partial charge on any atom is 0.168 e. The third-order valence-electron chi connectivity index (χ3n) is 3.03. The van der Waals surface area contributed by atoms with E-state index in [9.17, 15) is 4.39 Å². The van der Waals surface area contributed by atoms with E-state index >= 15 is 0 Å². The normalized spacial score (nSPS) is 12.2. The van der Waals surface area contributed by atoms with Gasteiger partial charge in [-0.3, -0.25) is 4.98 Å². The quantitative estimate of drug-likeness (QED) is 0.919. The Hall–Kier alpha value is -1.94. The van der Waals surface area contributed by atoms with Gasteiger partial charge in [0.2, 0.25) is 0 Å². The first-order chi connectivity index (χ1) is 9.11. The SMILES string of the molecule is COc1cccc(CC(N)c2cncc(C)c2)c1F. The van der Waals surface area contributed by atoms with Gasteiger partial charge in [0.25, 0.3) is 0 Å². The topological polar surface area (TPSA) is 48.1 Å². The Kier molecular flexibility index (Phi) is 4.12. The predicted molar refractivity (Wildman–Crippen MR) is 72.6 cm³/mol. The highest BCUT2D eigenvalue weighted by Gasteiger charge is 2.13. The van der Waals surface area contributed by atoms with Gasteiger partial charge in [-0.1, -0.05) is 18.2 Å². The van der Waals surface area contributed by atoms with Crippen molar-refractivity contribution < 1.29 is 9.13 Å². The second-order valence-electron chi connectivity index (χ2n) is 4.54. The van der Waals surface area contributed by atoms with Crippen LogP contribution in [0.3, 0.4) is 0 Å². The molecule has 4 heteroatoms. The summed E-state index contributed by atoms with van der Waals surface area (Å²) in [7, 11) is 1.45. The van der Waals surface area contributed by atoms with Crippen molar-refractivity contribution >= 4 is 0 Å². The Morgan fingerprint density at radius 3 is 2.84 bits per heavy atom. The first-order valence-corrected chi connectivity index (χ1v) is 6.10. The molecule has 0 aliphatic rings. The molecule has 19 heavy (non-hydrogen) atoms. The highest BCUT2D eigenvalue weighted by Crippen LogP contribution is 2.24. The van der Waals surface area contributed by atoms with Crippen LogP contribution in [0.5, 0.6) is 5.75 Å². The van der Waals surface area contributed by atoms with E-state index in [1.807, 2.05) is 13.0 Å². The van der Waals surface area contributed by atoms with Gasteiger partial charge >= 0.3 is 0 Å². The van der Waals surface area contributed by atoms with Crippen molar-refractivity contribution in [1.82, 2.24) is 4.98 Å². The number of hydrogen-bond donors (Lipinski definition) is 1. The minimum absolute atomic E-state index is 0.243. The Balaban J connectivity index is 2.21. The van der Waals surface area contributed by atoms with Gasteiger partial charge in [0.15, 0.2) is 11.6 Å². The van der Waals surface area contributed by atoms with Crippen molar-refractivity contribution in [3.05, 3.63) is 59.2 Å². The number of aryl methyl sites for hydroxylation is 1. The summed E-state index contributed by atoms with van der Waals surface area (Å²) >= 11 is 0. The van der Waals surface area contributed by atoms with Crippen molar-refractivity contribution in [3.8, 4) is 5.75 Å². The number of methoxy groups -OCH3 is 1. The molecule has 2 N–H and O–H groups in total. The van der Waals surface area contributed by atoms with E-state index in [2.05, 4.69) is 4.98 Å². The number of nitrogens with two attached hydrogens (primary N) is 1. The van der Waals surface area contributed by atoms with Crippen LogP contribution in [0.1, 0.15) is 22.7 Å². The average molecular weight is 260 g/mol. The van der Waals surface area contributed by atoms with Gasteiger partial charge in [-0.15, -0.1) is 0 Å². The molecule has 2 rings (SSSR count). The third-order valence-corrected chi connectivity index (χ3v) is 3.03. The number of hydrogen-bond acceptors (Lipinski definition) is 3. The maximum atomic E-state index is 14.0. The summed E-state index contributed by atoms with van der Waals surface area (Å²) < 4.78 is 19.0. The highest BCUT2D eigenvalue weighted by molar-refractivity contribution is 5.32. The Morgan fingerprint density at radius 2 is 2.16 bits per heavy atom. The van der Waals surface area contributed by atoms with Gasteiger partial charge in [0.1, 0.15) is 0 Å². The molecule has 1 aromatic heterocycles. The van der Waals surface area contributed by atoms with Crippen molar-refractivity contribution in [2.24, 2.45) is 5.73 Å². The number of pyridine rings is 1. The van der Waals surface area contributed by atoms with Crippen molar-refractivity contribution in [2.45, 2.75) is 19.4 Å². The standard InChI is InChI=1S/C15H17FN2O/c1-10-6-12(9-18-8-10)13(17)7-11-4-3-5-14(19-2)15(11)16/h3-6,8-9,13H,7,17H2,1-2H3. The molecule has 0 bridgehead atoms. The van der Waals surface area contributed by atoms with E-state index in [-0.39, 0.29) is 17.6 Å². The molecule has 2 aromatic rings. The molecule has 3 nitrogen and oxygen atoms in total. The summed E-state index contributed by atoms with van der Waals surface area (Å²) in [5.41, 5.74) is 8.60. The summed E-state index contributed by atoms with van der Waals surface area (Å²) in [5.74, 6) is -0.104. The van der Waals surface area contributed by atoms with E-state index in [1.54, 1.807) is 30.6 Å². The molecule has 0 spiro atoms. The molecular formula is C15H17FN2O. The first-order valence-electron chi connectivity index (χ1n) is 6.10. The zero-order valence-corrected chi connectivity index (χ0v) is 11.1. The van der Waals surface area contributed by atoms with Crippen LogP contribution in [0.2, 0.25) is 0 Å². The van der Waals surface area contributed by atoms with Crippen LogP contribution in [0.4, 0.5) is 4.39 Å². The predicted octanol–water partition coefficient (Wildman–Crippen LogP) is 2.78. The first kappa shape index (κ1) is 13.5. The molecular weight excluding hydrogens is 243 g/mol. The molecule has 1 unspecified atom stereocenters. The average Bonchev–Trinajstić information content (AvgIpc) is 2.41. The lowest BCUT2D eigenvalue weighted by atomic mass is 9.99. The Bertz CT molecular complexity index is 572. The fourth-order valence-electron chi connectivity index (χ4n) is 2.01. The third kappa shape index (κ3) is 3.09. The van der Waals surface area contributed by atoms with Gasteiger partial charge in [-0.05, 0) is 36.1 Å². The summed E-state index contributed by atoms with van der Waals surface area (Å²) in [4.78, 5) is 4.10. The molecule has 0 fully saturated rings. The zero-order valence-electron chi connectivity index (χ0n) is 11.1. The number of rotatable bonds is 4. The number of benzene rings is 1. The van der Waals surface area contributed by atoms with Gasteiger partial charge in [0.05, 0.1) is 7.11 Å². The fraction of sp³-hybridized carbons (Fsp3) is 0.267. The van der Waals surface area contributed by atoms with Crippen LogP contribution < -0.4 is 10.5 Å². The fourth-order valence-corrected chi connectivity index (χ4v) is 2.01. The monoisotopic (exact) mass is 260 g/mol. The number of aromatic nitrogens is 1. The van der Waals surface area contributed by atoms with Crippen molar-refractivity contribution in [3.63, 3.8) is 0 Å². The molecule has 0 amide bonds. The van der Waals surface area contributed by atoms with E-state index < -0.39 is 0 Å². The minimum atomic E-state index is -0.346. The van der Waals surface area contributed by atoms with Crippen molar-refractivity contribution in [2.75, 3.05) is 7.11 Å². The van der Waals surface area contributed by atoms with E-state index in [0.29, 0.717) is 12.0 Å². The molecule has 0 saturated heterocycles. The smallest absolute Gasteiger partial charge is 0.168 e. The molecule has 0 aliphatic carbocycles. The summed E-state index contributed by atoms with van der Waals surface area (Å²) in [5, 5.41) is 0. The molecule has 0 saturated carbocycles. The second kappa shape index (κ2) is 5.80. The Labute approximate surface area is 112 Å². The summed E-state index contributed by atoms with van der Waals surface area (Å²) in [6.07, 6.45) is 3.90. The molecule has 1 atom stereocenters. The molecule has 100 valence electrons.